The molecule has 0 bridgehead atoms. The molecule has 2 rings (SSSR count). The summed E-state index contributed by atoms with van der Waals surface area (Å²) in [5.41, 5.74) is 1.24. The second-order valence-electron chi connectivity index (χ2n) is 4.18. The van der Waals surface area contributed by atoms with Gasteiger partial charge in [0, 0.05) is 31.1 Å². The Bertz CT molecular complexity index is 307. The number of aromatic nitrogens is 2. The van der Waals surface area contributed by atoms with Crippen LogP contribution in [0.25, 0.3) is 0 Å². The highest BCUT2D eigenvalue weighted by Gasteiger charge is 2.19. The summed E-state index contributed by atoms with van der Waals surface area (Å²) in [4.78, 5) is 9.05. The molecule has 0 unspecified atom stereocenters. The molecule has 0 saturated heterocycles. The van der Waals surface area contributed by atoms with Crippen LogP contribution in [0.5, 0.6) is 0 Å². The highest BCUT2D eigenvalue weighted by atomic mass is 15.0. The van der Waals surface area contributed by atoms with Gasteiger partial charge in [0.05, 0.1) is 0 Å². The molecule has 1 heterocycles. The van der Waals surface area contributed by atoms with E-state index in [1.807, 2.05) is 7.05 Å². The lowest BCUT2D eigenvalue weighted by atomic mass is 10.0. The standard InChI is InChI=1S/C12H19N3/c1-3-11-14-10(8-12(13-2)15-11)9-6-4-5-7-9/h8-9H,3-7H2,1-2H3,(H,13,14,15). The van der Waals surface area contributed by atoms with Gasteiger partial charge in [0.2, 0.25) is 0 Å². The number of nitrogens with one attached hydrogen (secondary N) is 1. The maximum Gasteiger partial charge on any atom is 0.130 e. The Kier molecular flexibility index (Phi) is 3.19. The van der Waals surface area contributed by atoms with Gasteiger partial charge in [-0.05, 0) is 12.8 Å². The van der Waals surface area contributed by atoms with Gasteiger partial charge in [-0.15, -0.1) is 0 Å². The van der Waals surface area contributed by atoms with Crippen LogP contribution < -0.4 is 5.32 Å². The summed E-state index contributed by atoms with van der Waals surface area (Å²) < 4.78 is 0. The Morgan fingerprint density at radius 3 is 2.67 bits per heavy atom. The minimum absolute atomic E-state index is 0.672. The number of nitrogens with zero attached hydrogens (tertiary/aromatic N) is 2. The molecule has 82 valence electrons. The minimum Gasteiger partial charge on any atom is -0.373 e. The minimum atomic E-state index is 0.672. The highest BCUT2D eigenvalue weighted by Crippen LogP contribution is 2.33. The summed E-state index contributed by atoms with van der Waals surface area (Å²) in [5, 5.41) is 3.11. The molecule has 0 atom stereocenters. The Labute approximate surface area is 91.3 Å². The van der Waals surface area contributed by atoms with E-state index in [4.69, 9.17) is 0 Å². The predicted molar refractivity (Wildman–Crippen MR) is 62.2 cm³/mol. The SMILES string of the molecule is CCc1nc(NC)cc(C2CCCC2)n1. The Morgan fingerprint density at radius 2 is 2.07 bits per heavy atom. The molecule has 0 aromatic carbocycles. The third-order valence-electron chi connectivity index (χ3n) is 3.14. The van der Waals surface area contributed by atoms with Crippen molar-refractivity contribution < 1.29 is 0 Å². The molecule has 15 heavy (non-hydrogen) atoms. The van der Waals surface area contributed by atoms with Gasteiger partial charge >= 0.3 is 0 Å². The number of hydrogen-bond acceptors (Lipinski definition) is 3. The highest BCUT2D eigenvalue weighted by molar-refractivity contribution is 5.36. The average molecular weight is 205 g/mol. The molecule has 0 spiro atoms. The van der Waals surface area contributed by atoms with E-state index >= 15 is 0 Å². The molecule has 3 nitrogen and oxygen atoms in total. The van der Waals surface area contributed by atoms with Crippen molar-refractivity contribution in [3.8, 4) is 0 Å². The van der Waals surface area contributed by atoms with Gasteiger partial charge in [0.25, 0.3) is 0 Å². The van der Waals surface area contributed by atoms with E-state index in [-0.39, 0.29) is 0 Å². The molecule has 1 aliphatic carbocycles. The molecule has 1 aliphatic rings. The fourth-order valence-corrected chi connectivity index (χ4v) is 2.23. The molecule has 3 heteroatoms. The second-order valence-corrected chi connectivity index (χ2v) is 4.18. The number of anilines is 1. The van der Waals surface area contributed by atoms with Crippen molar-refractivity contribution in [2.45, 2.75) is 44.9 Å². The van der Waals surface area contributed by atoms with Crippen molar-refractivity contribution in [1.82, 2.24) is 9.97 Å². The first-order chi connectivity index (χ1) is 7.33. The molecule has 1 saturated carbocycles. The lowest BCUT2D eigenvalue weighted by Gasteiger charge is -2.11. The van der Waals surface area contributed by atoms with Crippen LogP contribution in [0.15, 0.2) is 6.07 Å². The van der Waals surface area contributed by atoms with Crippen molar-refractivity contribution in [3.05, 3.63) is 17.6 Å². The summed E-state index contributed by atoms with van der Waals surface area (Å²) in [6.45, 7) is 2.10. The monoisotopic (exact) mass is 205 g/mol. The van der Waals surface area contributed by atoms with Crippen molar-refractivity contribution >= 4 is 5.82 Å². The summed E-state index contributed by atoms with van der Waals surface area (Å²) in [7, 11) is 1.92. The maximum atomic E-state index is 4.63. The van der Waals surface area contributed by atoms with E-state index in [0.29, 0.717) is 5.92 Å². The van der Waals surface area contributed by atoms with Gasteiger partial charge in [-0.1, -0.05) is 19.8 Å². The second kappa shape index (κ2) is 4.60. The van der Waals surface area contributed by atoms with Crippen LogP contribution in [0.3, 0.4) is 0 Å². The van der Waals surface area contributed by atoms with Crippen LogP contribution in [0, 0.1) is 0 Å². The van der Waals surface area contributed by atoms with Crippen LogP contribution in [0.1, 0.15) is 50.0 Å². The maximum absolute atomic E-state index is 4.63. The third kappa shape index (κ3) is 2.28. The third-order valence-corrected chi connectivity index (χ3v) is 3.14. The summed E-state index contributed by atoms with van der Waals surface area (Å²) in [6, 6.07) is 2.11. The van der Waals surface area contributed by atoms with Gasteiger partial charge in [-0.25, -0.2) is 9.97 Å². The molecule has 0 amide bonds. The fourth-order valence-electron chi connectivity index (χ4n) is 2.23. The van der Waals surface area contributed by atoms with E-state index < -0.39 is 0 Å². The van der Waals surface area contributed by atoms with Gasteiger partial charge in [0.1, 0.15) is 11.6 Å². The molecule has 1 fully saturated rings. The van der Waals surface area contributed by atoms with Gasteiger partial charge in [0.15, 0.2) is 0 Å². The van der Waals surface area contributed by atoms with Gasteiger partial charge in [-0.2, -0.15) is 0 Å². The topological polar surface area (TPSA) is 37.8 Å². The van der Waals surface area contributed by atoms with Crippen LogP contribution in [-0.2, 0) is 6.42 Å². The van der Waals surface area contributed by atoms with Crippen LogP contribution in [-0.4, -0.2) is 17.0 Å². The first-order valence-electron chi connectivity index (χ1n) is 5.89. The smallest absolute Gasteiger partial charge is 0.130 e. The number of hydrogen-bond donors (Lipinski definition) is 1. The van der Waals surface area contributed by atoms with Crippen molar-refractivity contribution in [3.63, 3.8) is 0 Å². The normalized spacial score (nSPS) is 16.9. The lowest BCUT2D eigenvalue weighted by Crippen LogP contribution is -2.05. The van der Waals surface area contributed by atoms with E-state index in [1.54, 1.807) is 0 Å². The molecular weight excluding hydrogens is 186 g/mol. The molecule has 1 aromatic heterocycles. The van der Waals surface area contributed by atoms with Crippen LogP contribution in [0.4, 0.5) is 5.82 Å². The van der Waals surface area contributed by atoms with E-state index in [2.05, 4.69) is 28.3 Å². The number of aryl methyl sites for hydroxylation is 1. The molecule has 1 N–H and O–H groups in total. The van der Waals surface area contributed by atoms with Gasteiger partial charge in [-0.3, -0.25) is 0 Å². The first-order valence-corrected chi connectivity index (χ1v) is 5.89. The predicted octanol–water partition coefficient (Wildman–Crippen LogP) is 2.74. The zero-order valence-electron chi connectivity index (χ0n) is 9.58. The summed E-state index contributed by atoms with van der Waals surface area (Å²) in [5.74, 6) is 2.60. The quantitative estimate of drug-likeness (QED) is 0.824. The summed E-state index contributed by atoms with van der Waals surface area (Å²) >= 11 is 0. The zero-order chi connectivity index (χ0) is 10.7. The molecule has 0 aliphatic heterocycles. The van der Waals surface area contributed by atoms with E-state index in [1.165, 1.54) is 31.4 Å². The Hall–Kier alpha value is -1.12. The first kappa shape index (κ1) is 10.4. The lowest BCUT2D eigenvalue weighted by molar-refractivity contribution is 0.685. The van der Waals surface area contributed by atoms with Crippen LogP contribution >= 0.6 is 0 Å². The van der Waals surface area contributed by atoms with E-state index in [0.717, 1.165) is 18.1 Å². The average Bonchev–Trinajstić information content (AvgIpc) is 2.81. The largest absolute Gasteiger partial charge is 0.373 e. The van der Waals surface area contributed by atoms with Crippen molar-refractivity contribution in [2.24, 2.45) is 0 Å². The van der Waals surface area contributed by atoms with Crippen LogP contribution in [0.2, 0.25) is 0 Å². The van der Waals surface area contributed by atoms with Gasteiger partial charge < -0.3 is 5.32 Å². The Balaban J connectivity index is 2.28. The van der Waals surface area contributed by atoms with E-state index in [9.17, 15) is 0 Å². The molecule has 1 aromatic rings. The number of rotatable bonds is 3. The van der Waals surface area contributed by atoms with Crippen molar-refractivity contribution in [1.29, 1.82) is 0 Å². The molecule has 0 radical (unpaired) electrons. The van der Waals surface area contributed by atoms with Crippen molar-refractivity contribution in [2.75, 3.05) is 12.4 Å². The molecular formula is C12H19N3. The Morgan fingerprint density at radius 1 is 1.33 bits per heavy atom. The zero-order valence-corrected chi connectivity index (χ0v) is 9.58. The summed E-state index contributed by atoms with van der Waals surface area (Å²) in [6.07, 6.45) is 6.21. The fraction of sp³-hybridized carbons (Fsp3) is 0.667.